The van der Waals surface area contributed by atoms with E-state index >= 15 is 0 Å². The number of carbonyl (C=O) groups is 1. The average Bonchev–Trinajstić information content (AvgIpc) is 3.49. The minimum atomic E-state index is -4.58. The Balaban J connectivity index is 1.32. The van der Waals surface area contributed by atoms with Crippen LogP contribution < -0.4 is 27.2 Å². The fraction of sp³-hybridized carbons (Fsp3) is 0.407. The topological polar surface area (TPSA) is 120 Å². The smallest absolute Gasteiger partial charge is 0.343 e. The van der Waals surface area contributed by atoms with Crippen molar-refractivity contribution in [3.63, 3.8) is 0 Å². The van der Waals surface area contributed by atoms with Crippen LogP contribution in [0.2, 0.25) is 10.2 Å². The summed E-state index contributed by atoms with van der Waals surface area (Å²) in [5.74, 6) is 0.935. The molecule has 214 valence electrons. The summed E-state index contributed by atoms with van der Waals surface area (Å²) >= 11 is 12.5. The van der Waals surface area contributed by atoms with Crippen molar-refractivity contribution in [3.05, 3.63) is 86.9 Å². The third-order valence-electron chi connectivity index (χ3n) is 7.64. The molecule has 1 aliphatic carbocycles. The van der Waals surface area contributed by atoms with E-state index in [4.69, 9.17) is 28.9 Å². The fourth-order valence-electron chi connectivity index (χ4n) is 5.62. The van der Waals surface area contributed by atoms with Crippen molar-refractivity contribution < 1.29 is 18.0 Å². The first kappa shape index (κ1) is 28.7. The molecule has 0 bridgehead atoms. The van der Waals surface area contributed by atoms with Crippen LogP contribution in [0.5, 0.6) is 0 Å². The number of benzene rings is 2. The van der Waals surface area contributed by atoms with Gasteiger partial charge in [-0.05, 0) is 55.0 Å². The molecule has 2 aliphatic rings. The van der Waals surface area contributed by atoms with E-state index in [0.717, 1.165) is 36.6 Å². The van der Waals surface area contributed by atoms with Gasteiger partial charge in [0.25, 0.3) is 0 Å². The maximum atomic E-state index is 13.5. The number of rotatable bonds is 7. The van der Waals surface area contributed by atoms with Gasteiger partial charge in [-0.2, -0.15) is 13.2 Å². The first-order valence-electron chi connectivity index (χ1n) is 13.0. The number of alkyl halides is 3. The van der Waals surface area contributed by atoms with Crippen LogP contribution in [0.4, 0.5) is 18.0 Å². The summed E-state index contributed by atoms with van der Waals surface area (Å²) in [7, 11) is 0. The predicted octanol–water partition coefficient (Wildman–Crippen LogP) is 5.16. The second-order valence-electron chi connectivity index (χ2n) is 10.3. The molecule has 4 unspecified atom stereocenters. The Labute approximate surface area is 239 Å². The average molecular weight is 596 g/mol. The van der Waals surface area contributed by atoms with E-state index in [2.05, 4.69) is 31.5 Å². The second-order valence-corrected chi connectivity index (χ2v) is 11.1. The highest BCUT2D eigenvalue weighted by Crippen LogP contribution is 2.40. The van der Waals surface area contributed by atoms with Gasteiger partial charge in [0.2, 0.25) is 0 Å². The lowest BCUT2D eigenvalue weighted by atomic mass is 9.77. The van der Waals surface area contributed by atoms with Crippen molar-refractivity contribution in [3.8, 4) is 0 Å². The Morgan fingerprint density at radius 1 is 1.12 bits per heavy atom. The summed E-state index contributed by atoms with van der Waals surface area (Å²) in [5.41, 5.74) is 13.2. The number of hydrazine groups is 1. The van der Waals surface area contributed by atoms with Crippen molar-refractivity contribution in [2.45, 2.75) is 62.6 Å². The van der Waals surface area contributed by atoms with Gasteiger partial charge in [0.05, 0.1) is 23.5 Å². The van der Waals surface area contributed by atoms with E-state index in [1.165, 1.54) is 12.1 Å². The van der Waals surface area contributed by atoms with Gasteiger partial charge in [-0.3, -0.25) is 5.43 Å². The van der Waals surface area contributed by atoms with Crippen LogP contribution in [-0.2, 0) is 19.1 Å². The molecular formula is C27H30Cl2F3N7O. The van der Waals surface area contributed by atoms with Crippen LogP contribution in [-0.4, -0.2) is 28.2 Å². The molecule has 3 aromatic rings. The molecule has 5 atom stereocenters. The molecule has 2 fully saturated rings. The number of carbonyl (C=O) groups excluding carboxylic acids is 1. The van der Waals surface area contributed by atoms with Crippen molar-refractivity contribution in [1.29, 1.82) is 0 Å². The Morgan fingerprint density at radius 3 is 2.65 bits per heavy atom. The quantitative estimate of drug-likeness (QED) is 0.225. The van der Waals surface area contributed by atoms with E-state index in [1.807, 2.05) is 30.3 Å². The van der Waals surface area contributed by atoms with Gasteiger partial charge in [0, 0.05) is 29.4 Å². The minimum absolute atomic E-state index is 0.0872. The molecule has 7 N–H and O–H groups in total. The third-order valence-corrected chi connectivity index (χ3v) is 8.17. The second kappa shape index (κ2) is 12.0. The standard InChI is InChI=1S/C27H30Cl2F3N7O/c28-17-7-9-19(27(30,31)32)16(11-17)13-34-26(40)35-21(10-14-4-2-1-3-5-14)25-36-22(23(29)37-25)15-6-8-18-20(12-15)38-39-24(18)33/h1-5,7,9,11,15,18,20-21,24,38-39H,6,8,10,12-13,33H2,(H,36,37)(H2,34,35,40)/t15?,18?,20?,21-,24?/m0/s1. The molecule has 2 amide bonds. The molecule has 2 aromatic carbocycles. The minimum Gasteiger partial charge on any atom is -0.343 e. The van der Waals surface area contributed by atoms with E-state index in [9.17, 15) is 18.0 Å². The van der Waals surface area contributed by atoms with E-state index in [-0.39, 0.29) is 35.3 Å². The first-order valence-corrected chi connectivity index (χ1v) is 13.8. The number of amides is 2. The molecule has 1 saturated heterocycles. The highest BCUT2D eigenvalue weighted by atomic mass is 35.5. The van der Waals surface area contributed by atoms with Crippen molar-refractivity contribution in [2.75, 3.05) is 0 Å². The number of imidazole rings is 1. The molecule has 13 heteroatoms. The molecule has 1 aromatic heterocycles. The van der Waals surface area contributed by atoms with Crippen molar-refractivity contribution >= 4 is 29.2 Å². The molecule has 40 heavy (non-hydrogen) atoms. The first-order chi connectivity index (χ1) is 19.1. The number of urea groups is 1. The van der Waals surface area contributed by atoms with Crippen molar-refractivity contribution in [1.82, 2.24) is 31.5 Å². The number of aromatic nitrogens is 2. The summed E-state index contributed by atoms with van der Waals surface area (Å²) in [6.45, 7) is -0.364. The number of fused-ring (bicyclic) bond motifs is 1. The van der Waals surface area contributed by atoms with Gasteiger partial charge in [0.15, 0.2) is 5.15 Å². The lowest BCUT2D eigenvalue weighted by Crippen LogP contribution is -2.39. The molecule has 1 aliphatic heterocycles. The van der Waals surface area contributed by atoms with E-state index in [0.29, 0.717) is 23.3 Å². The van der Waals surface area contributed by atoms with E-state index in [1.54, 1.807) is 0 Å². The lowest BCUT2D eigenvalue weighted by Gasteiger charge is -2.31. The van der Waals surface area contributed by atoms with Crippen molar-refractivity contribution in [2.24, 2.45) is 11.7 Å². The van der Waals surface area contributed by atoms with Gasteiger partial charge in [-0.25, -0.2) is 15.2 Å². The number of nitrogens with one attached hydrogen (secondary N) is 5. The van der Waals surface area contributed by atoms with E-state index < -0.39 is 23.8 Å². The summed E-state index contributed by atoms with van der Waals surface area (Å²) in [5, 5.41) is 5.86. The number of H-pyrrole nitrogens is 1. The number of halogens is 5. The zero-order valence-electron chi connectivity index (χ0n) is 21.4. The summed E-state index contributed by atoms with van der Waals surface area (Å²) in [6, 6.07) is 11.7. The molecule has 5 rings (SSSR count). The Hall–Kier alpha value is -2.83. The highest BCUT2D eigenvalue weighted by molar-refractivity contribution is 6.30. The van der Waals surface area contributed by atoms with Crippen LogP contribution in [0.25, 0.3) is 0 Å². The summed E-state index contributed by atoms with van der Waals surface area (Å²) < 4.78 is 40.4. The number of nitrogens with two attached hydrogens (primary N) is 1. The maximum Gasteiger partial charge on any atom is 0.416 e. The van der Waals surface area contributed by atoms with Gasteiger partial charge in [-0.15, -0.1) is 0 Å². The van der Waals surface area contributed by atoms with Gasteiger partial charge in [-0.1, -0.05) is 53.5 Å². The Morgan fingerprint density at radius 2 is 1.90 bits per heavy atom. The Kier molecular flexibility index (Phi) is 8.58. The highest BCUT2D eigenvalue weighted by Gasteiger charge is 2.40. The van der Waals surface area contributed by atoms with Gasteiger partial charge < -0.3 is 21.4 Å². The van der Waals surface area contributed by atoms with Crippen LogP contribution in [0, 0.1) is 5.92 Å². The molecule has 8 nitrogen and oxygen atoms in total. The number of nitrogens with zero attached hydrogens (tertiary/aromatic N) is 1. The summed E-state index contributed by atoms with van der Waals surface area (Å²) in [6.07, 6.45) is -1.64. The monoisotopic (exact) mass is 595 g/mol. The van der Waals surface area contributed by atoms with Crippen LogP contribution >= 0.6 is 23.2 Å². The molecular weight excluding hydrogens is 566 g/mol. The van der Waals surface area contributed by atoms with Gasteiger partial charge >= 0.3 is 12.2 Å². The molecule has 0 spiro atoms. The normalized spacial score (nSPS) is 23.4. The fourth-order valence-corrected chi connectivity index (χ4v) is 6.10. The molecule has 0 radical (unpaired) electrons. The number of hydrogen-bond donors (Lipinski definition) is 6. The number of aromatic amines is 1. The largest absolute Gasteiger partial charge is 0.416 e. The number of hydrogen-bond acceptors (Lipinski definition) is 5. The SMILES string of the molecule is NC1NNC2CC(c3[nH]c([C@H](Cc4ccccc4)NC(=O)NCc4cc(Cl)ccc4C(F)(F)F)nc3Cl)CCC12. The molecule has 1 saturated carbocycles. The lowest BCUT2D eigenvalue weighted by molar-refractivity contribution is -0.138. The van der Waals surface area contributed by atoms with Gasteiger partial charge in [0.1, 0.15) is 5.82 Å². The zero-order chi connectivity index (χ0) is 28.4. The Bertz CT molecular complexity index is 1340. The van der Waals surface area contributed by atoms with Crippen LogP contribution in [0.3, 0.4) is 0 Å². The zero-order valence-corrected chi connectivity index (χ0v) is 22.9. The predicted molar refractivity (Wildman–Crippen MR) is 146 cm³/mol. The summed E-state index contributed by atoms with van der Waals surface area (Å²) in [4.78, 5) is 20.8. The molecule has 2 heterocycles. The third kappa shape index (κ3) is 6.55. The van der Waals surface area contributed by atoms with Crippen LogP contribution in [0.1, 0.15) is 59.4 Å². The maximum absolute atomic E-state index is 13.5. The van der Waals surface area contributed by atoms with Crippen LogP contribution in [0.15, 0.2) is 48.5 Å².